The summed E-state index contributed by atoms with van der Waals surface area (Å²) in [4.78, 5) is 15.2. The number of halogens is 3. The quantitative estimate of drug-likeness (QED) is 0.495. The SMILES string of the molecule is N#CCNC(=O)C1(N[C@@H](c2ccc(-c3ccc(N4CCNCC4)cc3)cc2)C(F)(F)F)CCCCC1. The van der Waals surface area contributed by atoms with Gasteiger partial charge in [-0.2, -0.15) is 18.4 Å². The number of hydrogen-bond donors (Lipinski definition) is 3. The molecule has 3 N–H and O–H groups in total. The van der Waals surface area contributed by atoms with Gasteiger partial charge >= 0.3 is 6.18 Å². The number of amides is 1. The van der Waals surface area contributed by atoms with E-state index in [1.165, 1.54) is 12.1 Å². The summed E-state index contributed by atoms with van der Waals surface area (Å²) in [5.41, 5.74) is 1.59. The minimum atomic E-state index is -4.59. The van der Waals surface area contributed by atoms with E-state index >= 15 is 0 Å². The van der Waals surface area contributed by atoms with Gasteiger partial charge in [0, 0.05) is 31.9 Å². The molecule has 1 atom stereocenters. The Hall–Kier alpha value is -3.09. The van der Waals surface area contributed by atoms with Crippen molar-refractivity contribution in [3.63, 3.8) is 0 Å². The van der Waals surface area contributed by atoms with Crippen LogP contribution in [0.3, 0.4) is 0 Å². The van der Waals surface area contributed by atoms with E-state index < -0.39 is 23.7 Å². The van der Waals surface area contributed by atoms with E-state index in [2.05, 4.69) is 20.9 Å². The molecule has 2 aromatic carbocycles. The molecular formula is C27H32F3N5O. The van der Waals surface area contributed by atoms with Gasteiger partial charge in [0.15, 0.2) is 0 Å². The van der Waals surface area contributed by atoms with Crippen molar-refractivity contribution < 1.29 is 18.0 Å². The van der Waals surface area contributed by atoms with Crippen LogP contribution in [0.2, 0.25) is 0 Å². The van der Waals surface area contributed by atoms with Crippen LogP contribution in [0, 0.1) is 11.3 Å². The van der Waals surface area contributed by atoms with E-state index in [-0.39, 0.29) is 12.1 Å². The summed E-state index contributed by atoms with van der Waals surface area (Å²) in [6.45, 7) is 3.53. The highest BCUT2D eigenvalue weighted by molar-refractivity contribution is 5.86. The number of alkyl halides is 3. The molecule has 2 aliphatic rings. The second kappa shape index (κ2) is 11.3. The minimum Gasteiger partial charge on any atom is -0.369 e. The van der Waals surface area contributed by atoms with Crippen molar-refractivity contribution in [1.82, 2.24) is 16.0 Å². The normalized spacial score (nSPS) is 18.8. The van der Waals surface area contributed by atoms with E-state index in [1.54, 1.807) is 12.1 Å². The zero-order chi connectivity index (χ0) is 25.6. The lowest BCUT2D eigenvalue weighted by molar-refractivity contribution is -0.166. The molecular weight excluding hydrogens is 467 g/mol. The minimum absolute atomic E-state index is 0.0571. The number of carbonyl (C=O) groups is 1. The third kappa shape index (κ3) is 6.00. The van der Waals surface area contributed by atoms with Crippen LogP contribution in [0.1, 0.15) is 43.7 Å². The molecule has 2 aromatic rings. The predicted molar refractivity (Wildman–Crippen MR) is 133 cm³/mol. The summed E-state index contributed by atoms with van der Waals surface area (Å²) in [7, 11) is 0. The van der Waals surface area contributed by atoms with Gasteiger partial charge in [0.2, 0.25) is 5.91 Å². The number of carbonyl (C=O) groups excluding carboxylic acids is 1. The summed E-state index contributed by atoms with van der Waals surface area (Å²) >= 11 is 0. The zero-order valence-corrected chi connectivity index (χ0v) is 20.2. The Labute approximate surface area is 209 Å². The molecule has 192 valence electrons. The van der Waals surface area contributed by atoms with Crippen LogP contribution in [-0.4, -0.2) is 50.3 Å². The molecule has 1 amide bonds. The van der Waals surface area contributed by atoms with Crippen LogP contribution in [0.5, 0.6) is 0 Å². The number of piperazine rings is 1. The van der Waals surface area contributed by atoms with Gasteiger partial charge in [-0.3, -0.25) is 10.1 Å². The third-order valence-corrected chi connectivity index (χ3v) is 7.14. The number of benzene rings is 2. The maximum absolute atomic E-state index is 14.2. The van der Waals surface area contributed by atoms with Crippen molar-refractivity contribution in [2.75, 3.05) is 37.6 Å². The molecule has 1 heterocycles. The molecule has 0 aromatic heterocycles. The Morgan fingerprint density at radius 2 is 1.58 bits per heavy atom. The molecule has 0 radical (unpaired) electrons. The monoisotopic (exact) mass is 499 g/mol. The van der Waals surface area contributed by atoms with Gasteiger partial charge in [-0.1, -0.05) is 55.7 Å². The van der Waals surface area contributed by atoms with Crippen molar-refractivity contribution in [3.8, 4) is 17.2 Å². The Morgan fingerprint density at radius 3 is 2.14 bits per heavy atom. The second-order valence-corrected chi connectivity index (χ2v) is 9.51. The molecule has 0 bridgehead atoms. The maximum Gasteiger partial charge on any atom is 0.407 e. The fraction of sp³-hybridized carbons (Fsp3) is 0.481. The Bertz CT molecular complexity index is 1050. The van der Waals surface area contributed by atoms with Crippen LogP contribution in [0.15, 0.2) is 48.5 Å². The molecule has 2 fully saturated rings. The van der Waals surface area contributed by atoms with Crippen LogP contribution in [0.25, 0.3) is 11.1 Å². The summed E-state index contributed by atoms with van der Waals surface area (Å²) in [6.07, 6.45) is -1.82. The maximum atomic E-state index is 14.2. The lowest BCUT2D eigenvalue weighted by Gasteiger charge is -2.40. The van der Waals surface area contributed by atoms with Crippen LogP contribution < -0.4 is 20.9 Å². The Morgan fingerprint density at radius 1 is 1.00 bits per heavy atom. The first-order valence-corrected chi connectivity index (χ1v) is 12.5. The first-order chi connectivity index (χ1) is 17.3. The second-order valence-electron chi connectivity index (χ2n) is 9.51. The average molecular weight is 500 g/mol. The number of nitrogens with one attached hydrogen (secondary N) is 3. The molecule has 1 saturated carbocycles. The lowest BCUT2D eigenvalue weighted by atomic mass is 9.79. The first kappa shape index (κ1) is 26.0. The van der Waals surface area contributed by atoms with Crippen molar-refractivity contribution in [2.24, 2.45) is 0 Å². The highest BCUT2D eigenvalue weighted by Gasteiger charge is 2.49. The van der Waals surface area contributed by atoms with Crippen molar-refractivity contribution in [1.29, 1.82) is 5.26 Å². The van der Waals surface area contributed by atoms with Crippen LogP contribution >= 0.6 is 0 Å². The zero-order valence-electron chi connectivity index (χ0n) is 20.2. The van der Waals surface area contributed by atoms with Gasteiger partial charge in [-0.25, -0.2) is 0 Å². The largest absolute Gasteiger partial charge is 0.407 e. The summed E-state index contributed by atoms with van der Waals surface area (Å²) in [5.74, 6) is -0.542. The number of nitrogens with zero attached hydrogens (tertiary/aromatic N) is 2. The summed E-state index contributed by atoms with van der Waals surface area (Å²) in [6, 6.07) is 14.2. The topological polar surface area (TPSA) is 80.2 Å². The molecule has 1 aliphatic carbocycles. The fourth-order valence-corrected chi connectivity index (χ4v) is 5.17. The van der Waals surface area contributed by atoms with Crippen molar-refractivity contribution in [3.05, 3.63) is 54.1 Å². The third-order valence-electron chi connectivity index (χ3n) is 7.14. The Balaban J connectivity index is 1.54. The molecule has 9 heteroatoms. The van der Waals surface area contributed by atoms with Gasteiger partial charge in [-0.05, 0) is 41.7 Å². The highest BCUT2D eigenvalue weighted by Crippen LogP contribution is 2.39. The smallest absolute Gasteiger partial charge is 0.369 e. The lowest BCUT2D eigenvalue weighted by Crippen LogP contribution is -2.60. The first-order valence-electron chi connectivity index (χ1n) is 12.5. The standard InChI is InChI=1S/C27H32F3N5O/c28-27(29,30)24(34-26(12-2-1-3-13-26)25(36)33-15-14-31)22-6-4-20(5-7-22)21-8-10-23(11-9-21)35-18-16-32-17-19-35/h4-11,24,32,34H,1-3,12-13,15-19H2,(H,33,36)/t24-/m0/s1. The van der Waals surface area contributed by atoms with Crippen molar-refractivity contribution in [2.45, 2.75) is 49.9 Å². The van der Waals surface area contributed by atoms with E-state index in [0.717, 1.165) is 49.4 Å². The number of nitriles is 1. The van der Waals surface area contributed by atoms with Crippen LogP contribution in [0.4, 0.5) is 18.9 Å². The van der Waals surface area contributed by atoms with E-state index in [4.69, 9.17) is 5.26 Å². The number of rotatable bonds is 7. The van der Waals surface area contributed by atoms with E-state index in [0.29, 0.717) is 25.7 Å². The fourth-order valence-electron chi connectivity index (χ4n) is 5.17. The molecule has 1 aliphatic heterocycles. The summed E-state index contributed by atoms with van der Waals surface area (Å²) < 4.78 is 42.7. The van der Waals surface area contributed by atoms with E-state index in [1.807, 2.05) is 30.3 Å². The van der Waals surface area contributed by atoms with Gasteiger partial charge < -0.3 is 15.5 Å². The van der Waals surface area contributed by atoms with E-state index in [9.17, 15) is 18.0 Å². The van der Waals surface area contributed by atoms with Crippen LogP contribution in [-0.2, 0) is 4.79 Å². The van der Waals surface area contributed by atoms with Gasteiger partial charge in [-0.15, -0.1) is 0 Å². The molecule has 0 spiro atoms. The Kier molecular flexibility index (Phi) is 8.17. The molecule has 6 nitrogen and oxygen atoms in total. The molecule has 0 unspecified atom stereocenters. The molecule has 36 heavy (non-hydrogen) atoms. The van der Waals surface area contributed by atoms with Gasteiger partial charge in [0.25, 0.3) is 0 Å². The highest BCUT2D eigenvalue weighted by atomic mass is 19.4. The van der Waals surface area contributed by atoms with Gasteiger partial charge in [0.05, 0.1) is 11.6 Å². The molecule has 4 rings (SSSR count). The number of anilines is 1. The average Bonchev–Trinajstić information content (AvgIpc) is 2.91. The van der Waals surface area contributed by atoms with Gasteiger partial charge in [0.1, 0.15) is 12.6 Å². The van der Waals surface area contributed by atoms with Crippen molar-refractivity contribution >= 4 is 11.6 Å². The summed E-state index contributed by atoms with van der Waals surface area (Å²) in [5, 5.41) is 17.3. The predicted octanol–water partition coefficient (Wildman–Crippen LogP) is 4.30. The molecule has 1 saturated heterocycles. The number of hydrogen-bond acceptors (Lipinski definition) is 5.